The lowest BCUT2D eigenvalue weighted by Crippen LogP contribution is -2.88. The van der Waals surface area contributed by atoms with Gasteiger partial charge in [-0.1, -0.05) is 27.7 Å². The summed E-state index contributed by atoms with van der Waals surface area (Å²) in [5.74, 6) is -1.56. The second-order valence-corrected chi connectivity index (χ2v) is 15.6. The van der Waals surface area contributed by atoms with Crippen LogP contribution in [0.1, 0.15) is 79.1 Å². The van der Waals surface area contributed by atoms with Crippen LogP contribution < -0.4 is 0 Å². The average molecular weight is 665 g/mol. The molecule has 268 valence electrons. The van der Waals surface area contributed by atoms with Crippen LogP contribution in [0.25, 0.3) is 0 Å². The van der Waals surface area contributed by atoms with E-state index < -0.39 is 107 Å². The van der Waals surface area contributed by atoms with Gasteiger partial charge < -0.3 is 70.8 Å². The van der Waals surface area contributed by atoms with Crippen molar-refractivity contribution < 1.29 is 70.8 Å². The van der Waals surface area contributed by atoms with Gasteiger partial charge in [-0.05, 0) is 63.2 Å². The van der Waals surface area contributed by atoms with Gasteiger partial charge in [0, 0.05) is 16.7 Å². The van der Waals surface area contributed by atoms with Crippen LogP contribution in [0, 0.1) is 28.6 Å². The fraction of sp³-hybridized carbons (Fsp3) is 1.00. The Kier molecular flexibility index (Phi) is 9.85. The molecule has 1 heterocycles. The molecule has 12 N–H and O–H groups in total. The first-order valence-corrected chi connectivity index (χ1v) is 16.9. The van der Waals surface area contributed by atoms with Gasteiger partial charge in [0.25, 0.3) is 0 Å². The first-order valence-electron chi connectivity index (χ1n) is 16.9. The lowest BCUT2D eigenvalue weighted by molar-refractivity contribution is -0.401. The monoisotopic (exact) mass is 664 g/mol. The van der Waals surface area contributed by atoms with Crippen LogP contribution >= 0.6 is 0 Å². The topological polar surface area (TPSA) is 261 Å². The van der Waals surface area contributed by atoms with E-state index in [0.29, 0.717) is 25.7 Å². The molecule has 14 nitrogen and oxygen atoms in total. The van der Waals surface area contributed by atoms with Crippen LogP contribution in [0.4, 0.5) is 0 Å². The van der Waals surface area contributed by atoms with Crippen molar-refractivity contribution in [1.29, 1.82) is 0 Å². The molecule has 0 unspecified atom stereocenters. The average Bonchev–Trinajstić information content (AvgIpc) is 3.24. The van der Waals surface area contributed by atoms with E-state index in [1.165, 1.54) is 0 Å². The molecule has 1 saturated heterocycles. The molecule has 1 aliphatic heterocycles. The van der Waals surface area contributed by atoms with Crippen LogP contribution in [0.3, 0.4) is 0 Å². The molecule has 14 heteroatoms. The highest BCUT2D eigenvalue weighted by Crippen LogP contribution is 2.72. The van der Waals surface area contributed by atoms with Crippen LogP contribution in [0.2, 0.25) is 0 Å². The number of aliphatic hydroxyl groups is 12. The zero-order valence-electron chi connectivity index (χ0n) is 27.1. The number of aliphatic hydroxyl groups excluding tert-OH is 9. The number of hydrogen-bond donors (Lipinski definition) is 12. The highest BCUT2D eigenvalue weighted by atomic mass is 16.7. The van der Waals surface area contributed by atoms with Gasteiger partial charge in [-0.2, -0.15) is 0 Å². The van der Waals surface area contributed by atoms with Crippen molar-refractivity contribution in [3.8, 4) is 0 Å². The zero-order valence-corrected chi connectivity index (χ0v) is 27.1. The zero-order chi connectivity index (χ0) is 34.4. The standard InChI is InChI=1S/C32H56O14/c1-5-15(45-27-23(38)22(37)21(36)18(13-33)46-27)7-6-14(2)16-12-20(35)32(44)28(16,3)11-9-19-29(4)10-8-17(34)24(39)31(29,43)26(41)25(40)30(19,32)42/h14-27,33-44H,5-13H2,1-4H3/t14-,15-,16-,17+,18-,19-,20+,21-,22+,23-,24+,25+,26+,27+,28-,29-,30-,31+,32+/m1/s1. The van der Waals surface area contributed by atoms with Crippen molar-refractivity contribution in [3.63, 3.8) is 0 Å². The molecule has 5 fully saturated rings. The first-order chi connectivity index (χ1) is 21.3. The Hall–Kier alpha value is -0.560. The highest BCUT2D eigenvalue weighted by molar-refractivity contribution is 5.33. The maximum Gasteiger partial charge on any atom is 0.186 e. The molecule has 0 amide bonds. The van der Waals surface area contributed by atoms with Crippen LogP contribution in [-0.4, -0.2) is 152 Å². The van der Waals surface area contributed by atoms with E-state index in [4.69, 9.17) is 9.47 Å². The normalized spacial score (nSPS) is 56.9. The van der Waals surface area contributed by atoms with Gasteiger partial charge in [-0.3, -0.25) is 0 Å². The summed E-state index contributed by atoms with van der Waals surface area (Å²) in [6.45, 7) is 6.59. The van der Waals surface area contributed by atoms with Crippen molar-refractivity contribution in [2.24, 2.45) is 28.6 Å². The summed E-state index contributed by atoms with van der Waals surface area (Å²) in [6.07, 6.45) is -14.2. The van der Waals surface area contributed by atoms with Crippen LogP contribution in [-0.2, 0) is 9.47 Å². The summed E-state index contributed by atoms with van der Waals surface area (Å²) < 4.78 is 11.5. The molecule has 4 saturated carbocycles. The number of ether oxygens (including phenoxy) is 2. The van der Waals surface area contributed by atoms with Crippen molar-refractivity contribution in [2.45, 2.75) is 163 Å². The van der Waals surface area contributed by atoms with Crippen molar-refractivity contribution >= 4 is 0 Å². The summed E-state index contributed by atoms with van der Waals surface area (Å²) in [5, 5.41) is 133. The Morgan fingerprint density at radius 1 is 0.783 bits per heavy atom. The van der Waals surface area contributed by atoms with E-state index in [1.54, 1.807) is 13.8 Å². The highest BCUT2D eigenvalue weighted by Gasteiger charge is 2.84. The second kappa shape index (κ2) is 12.3. The third-order valence-electron chi connectivity index (χ3n) is 13.7. The van der Waals surface area contributed by atoms with Gasteiger partial charge in [0.1, 0.15) is 59.5 Å². The lowest BCUT2D eigenvalue weighted by atomic mass is 9.38. The Morgan fingerprint density at radius 3 is 2.00 bits per heavy atom. The quantitative estimate of drug-likeness (QED) is 0.126. The van der Waals surface area contributed by atoms with Crippen molar-refractivity contribution in [3.05, 3.63) is 0 Å². The molecule has 5 aliphatic rings. The molecular formula is C32H56O14. The van der Waals surface area contributed by atoms with Gasteiger partial charge in [0.15, 0.2) is 6.29 Å². The minimum absolute atomic E-state index is 0.0665. The summed E-state index contributed by atoms with van der Waals surface area (Å²) in [4.78, 5) is 0. The number of fused-ring (bicyclic) bond motifs is 5. The Labute approximate surface area is 269 Å². The number of hydrogen-bond acceptors (Lipinski definition) is 14. The van der Waals surface area contributed by atoms with E-state index >= 15 is 0 Å². The maximum absolute atomic E-state index is 12.6. The molecule has 5 rings (SSSR count). The largest absolute Gasteiger partial charge is 0.394 e. The summed E-state index contributed by atoms with van der Waals surface area (Å²) in [5.41, 5.74) is -9.71. The molecule has 46 heavy (non-hydrogen) atoms. The molecule has 0 radical (unpaired) electrons. The molecule has 0 aromatic heterocycles. The third-order valence-corrected chi connectivity index (χ3v) is 13.7. The second-order valence-electron chi connectivity index (χ2n) is 15.6. The molecule has 4 aliphatic carbocycles. The fourth-order valence-corrected chi connectivity index (χ4v) is 10.7. The Bertz CT molecular complexity index is 1100. The smallest absolute Gasteiger partial charge is 0.186 e. The van der Waals surface area contributed by atoms with E-state index in [1.807, 2.05) is 13.8 Å². The maximum atomic E-state index is 12.6. The lowest BCUT2D eigenvalue weighted by Gasteiger charge is -2.72. The molecule has 0 aromatic rings. The molecule has 19 atom stereocenters. The molecule has 0 spiro atoms. The van der Waals surface area contributed by atoms with E-state index in [0.717, 1.165) is 0 Å². The first kappa shape index (κ1) is 36.7. The van der Waals surface area contributed by atoms with E-state index in [-0.39, 0.29) is 37.5 Å². The van der Waals surface area contributed by atoms with E-state index in [9.17, 15) is 61.3 Å². The van der Waals surface area contributed by atoms with Crippen molar-refractivity contribution in [2.75, 3.05) is 6.61 Å². The van der Waals surface area contributed by atoms with Gasteiger partial charge in [0.2, 0.25) is 0 Å². The minimum Gasteiger partial charge on any atom is -0.394 e. The fourth-order valence-electron chi connectivity index (χ4n) is 10.7. The molecule has 0 bridgehead atoms. The molecular weight excluding hydrogens is 608 g/mol. The van der Waals surface area contributed by atoms with Crippen LogP contribution in [0.5, 0.6) is 0 Å². The SMILES string of the molecule is CC[C@H](CC[C@@H](C)[C@H]1C[C@H](O)[C@@]2(O)[C@]3(O)[C@@H](O)[C@H](O)[C@@]4(O)[C@@H](O)[C@@H](O)CC[C@]4(C)[C@H]3CC[C@]12C)O[C@H]1O[C@H](CO)[C@@H](O)[C@H](O)[C@H]1O. The third kappa shape index (κ3) is 4.67. The molecule has 0 aromatic carbocycles. The number of rotatable bonds is 8. The van der Waals surface area contributed by atoms with Gasteiger partial charge in [0.05, 0.1) is 24.9 Å². The van der Waals surface area contributed by atoms with Crippen molar-refractivity contribution in [1.82, 2.24) is 0 Å². The van der Waals surface area contributed by atoms with E-state index in [2.05, 4.69) is 0 Å². The predicted octanol–water partition coefficient (Wildman–Crippen LogP) is -2.75. The van der Waals surface area contributed by atoms with Gasteiger partial charge in [-0.15, -0.1) is 0 Å². The Balaban J connectivity index is 1.36. The summed E-state index contributed by atoms with van der Waals surface area (Å²) >= 11 is 0. The summed E-state index contributed by atoms with van der Waals surface area (Å²) in [7, 11) is 0. The van der Waals surface area contributed by atoms with Gasteiger partial charge in [-0.25, -0.2) is 0 Å². The van der Waals surface area contributed by atoms with Crippen LogP contribution in [0.15, 0.2) is 0 Å². The van der Waals surface area contributed by atoms with Gasteiger partial charge >= 0.3 is 0 Å². The summed E-state index contributed by atoms with van der Waals surface area (Å²) in [6, 6.07) is 0. The predicted molar refractivity (Wildman–Crippen MR) is 158 cm³/mol. The minimum atomic E-state index is -2.46. The Morgan fingerprint density at radius 2 is 1.39 bits per heavy atom.